The van der Waals surface area contributed by atoms with Crippen molar-refractivity contribution in [3.8, 4) is 5.75 Å². The van der Waals surface area contributed by atoms with Gasteiger partial charge in [-0.3, -0.25) is 9.69 Å². The fourth-order valence-corrected chi connectivity index (χ4v) is 5.43. The molecule has 0 spiro atoms. The van der Waals surface area contributed by atoms with Gasteiger partial charge in [-0.2, -0.15) is 0 Å². The first kappa shape index (κ1) is 20.9. The number of hydrogen-bond acceptors (Lipinski definition) is 7. The molecule has 1 aromatic carbocycles. The van der Waals surface area contributed by atoms with Gasteiger partial charge >= 0.3 is 5.97 Å². The molecule has 2 aromatic rings. The molecule has 2 aliphatic heterocycles. The number of ether oxygens (including phenoxy) is 1. The number of nitrogens with zero attached hydrogens (tertiary/aromatic N) is 3. The van der Waals surface area contributed by atoms with Crippen molar-refractivity contribution < 1.29 is 14.6 Å². The summed E-state index contributed by atoms with van der Waals surface area (Å²) in [4.78, 5) is 30.5. The molecule has 162 valence electrons. The van der Waals surface area contributed by atoms with Crippen LogP contribution in [0.2, 0.25) is 0 Å². The summed E-state index contributed by atoms with van der Waals surface area (Å²) in [6.07, 6.45) is 1.44. The van der Waals surface area contributed by atoms with Crippen LogP contribution in [-0.2, 0) is 6.54 Å². The summed E-state index contributed by atoms with van der Waals surface area (Å²) in [5, 5.41) is 13.4. The Morgan fingerprint density at radius 1 is 1.30 bits per heavy atom. The SMILES string of the molecule is CCn1cc(C(=O)O)c(=O)c2c3c(c(N4CCN(C(C)C)CC4)c(OC)c21)NCS3. The van der Waals surface area contributed by atoms with Crippen molar-refractivity contribution in [2.75, 3.05) is 49.4 Å². The molecule has 0 saturated carbocycles. The molecule has 9 heteroatoms. The van der Waals surface area contributed by atoms with Gasteiger partial charge in [0.1, 0.15) is 11.3 Å². The molecule has 0 bridgehead atoms. The Bertz CT molecular complexity index is 1060. The molecule has 0 radical (unpaired) electrons. The first-order valence-corrected chi connectivity index (χ1v) is 11.3. The molecule has 0 unspecified atom stereocenters. The molecule has 8 nitrogen and oxygen atoms in total. The summed E-state index contributed by atoms with van der Waals surface area (Å²) < 4.78 is 7.72. The third kappa shape index (κ3) is 3.20. The molecule has 1 aromatic heterocycles. The van der Waals surface area contributed by atoms with Crippen LogP contribution in [0.25, 0.3) is 10.9 Å². The average Bonchev–Trinajstić information content (AvgIpc) is 3.21. The van der Waals surface area contributed by atoms with E-state index in [1.165, 1.54) is 6.20 Å². The number of aromatic carboxylic acids is 1. The first-order chi connectivity index (χ1) is 14.4. The van der Waals surface area contributed by atoms with Crippen LogP contribution >= 0.6 is 11.8 Å². The zero-order valence-corrected chi connectivity index (χ0v) is 18.6. The number of hydrogen-bond donors (Lipinski definition) is 2. The number of anilines is 2. The Balaban J connectivity index is 1.98. The lowest BCUT2D eigenvalue weighted by molar-refractivity contribution is 0.0695. The number of thioether (sulfide) groups is 1. The molecule has 3 heterocycles. The van der Waals surface area contributed by atoms with Gasteiger partial charge in [0.2, 0.25) is 5.43 Å². The summed E-state index contributed by atoms with van der Waals surface area (Å²) in [6, 6.07) is 0.504. The third-order valence-electron chi connectivity index (χ3n) is 6.00. The molecule has 0 amide bonds. The fourth-order valence-electron chi connectivity index (χ4n) is 4.43. The lowest BCUT2D eigenvalue weighted by Gasteiger charge is -2.39. The highest BCUT2D eigenvalue weighted by molar-refractivity contribution is 8.00. The standard InChI is InChI=1S/C21H28N4O4S/c1-5-23-10-13(21(27)28)18(26)14-16(23)19(29-4)17(15-20(14)30-11-22-15)25-8-6-24(7-9-25)12(2)3/h10,12,22H,5-9,11H2,1-4H3,(H,27,28). The molecule has 2 N–H and O–H groups in total. The zero-order chi connectivity index (χ0) is 21.6. The van der Waals surface area contributed by atoms with E-state index >= 15 is 0 Å². The van der Waals surface area contributed by atoms with Crippen molar-refractivity contribution in [1.82, 2.24) is 9.47 Å². The predicted molar refractivity (Wildman–Crippen MR) is 121 cm³/mol. The van der Waals surface area contributed by atoms with E-state index in [0.29, 0.717) is 35.1 Å². The quantitative estimate of drug-likeness (QED) is 0.746. The fraction of sp³-hybridized carbons (Fsp3) is 0.524. The number of methoxy groups -OCH3 is 1. The number of carbonyl (C=O) groups is 1. The van der Waals surface area contributed by atoms with E-state index in [2.05, 4.69) is 29.0 Å². The number of pyridine rings is 1. The van der Waals surface area contributed by atoms with Gasteiger partial charge in [0.05, 0.1) is 29.6 Å². The number of aryl methyl sites for hydroxylation is 1. The van der Waals surface area contributed by atoms with Crippen molar-refractivity contribution >= 4 is 40.0 Å². The number of piperazine rings is 1. The van der Waals surface area contributed by atoms with Crippen LogP contribution in [0.15, 0.2) is 15.9 Å². The predicted octanol–water partition coefficient (Wildman–Crippen LogP) is 2.73. The molecule has 1 saturated heterocycles. The number of aromatic nitrogens is 1. The van der Waals surface area contributed by atoms with Crippen molar-refractivity contribution in [3.05, 3.63) is 22.0 Å². The van der Waals surface area contributed by atoms with Crippen LogP contribution < -0.4 is 20.4 Å². The molecule has 30 heavy (non-hydrogen) atoms. The first-order valence-electron chi connectivity index (χ1n) is 10.3. The van der Waals surface area contributed by atoms with Crippen LogP contribution in [0.1, 0.15) is 31.1 Å². The normalized spacial score (nSPS) is 16.8. The smallest absolute Gasteiger partial charge is 0.341 e. The summed E-state index contributed by atoms with van der Waals surface area (Å²) in [6.45, 7) is 10.5. The van der Waals surface area contributed by atoms with Crippen LogP contribution in [0.3, 0.4) is 0 Å². The second kappa shape index (κ2) is 8.03. The number of fused-ring (bicyclic) bond motifs is 3. The van der Waals surface area contributed by atoms with Crippen molar-refractivity contribution in [1.29, 1.82) is 0 Å². The van der Waals surface area contributed by atoms with Crippen molar-refractivity contribution in [3.63, 3.8) is 0 Å². The van der Waals surface area contributed by atoms with Crippen LogP contribution in [-0.4, -0.2) is 65.8 Å². The molecular formula is C21H28N4O4S. The van der Waals surface area contributed by atoms with E-state index in [1.54, 1.807) is 18.9 Å². The van der Waals surface area contributed by atoms with E-state index in [4.69, 9.17) is 4.74 Å². The number of carboxylic acids is 1. The second-order valence-electron chi connectivity index (χ2n) is 7.85. The van der Waals surface area contributed by atoms with Gasteiger partial charge in [-0.05, 0) is 20.8 Å². The second-order valence-corrected chi connectivity index (χ2v) is 8.84. The van der Waals surface area contributed by atoms with Gasteiger partial charge in [0.15, 0.2) is 5.75 Å². The minimum absolute atomic E-state index is 0.209. The lowest BCUT2D eigenvalue weighted by atomic mass is 10.1. The number of nitrogens with one attached hydrogen (secondary N) is 1. The highest BCUT2D eigenvalue weighted by Crippen LogP contribution is 2.51. The van der Waals surface area contributed by atoms with Gasteiger partial charge in [-0.15, -0.1) is 11.8 Å². The topological polar surface area (TPSA) is 87.0 Å². The zero-order valence-electron chi connectivity index (χ0n) is 17.8. The highest BCUT2D eigenvalue weighted by Gasteiger charge is 2.32. The minimum Gasteiger partial charge on any atom is -0.492 e. The summed E-state index contributed by atoms with van der Waals surface area (Å²) in [7, 11) is 1.62. The number of rotatable bonds is 5. The Kier molecular flexibility index (Phi) is 5.59. The van der Waals surface area contributed by atoms with E-state index in [9.17, 15) is 14.7 Å². The van der Waals surface area contributed by atoms with Gasteiger partial charge in [-0.1, -0.05) is 0 Å². The molecule has 0 atom stereocenters. The van der Waals surface area contributed by atoms with Crippen LogP contribution in [0.5, 0.6) is 5.75 Å². The van der Waals surface area contributed by atoms with Gasteiger partial charge < -0.3 is 24.6 Å². The van der Waals surface area contributed by atoms with E-state index in [1.807, 2.05) is 11.5 Å². The maximum absolute atomic E-state index is 13.2. The van der Waals surface area contributed by atoms with Gasteiger partial charge in [-0.25, -0.2) is 4.79 Å². The third-order valence-corrected chi connectivity index (χ3v) is 6.99. The molecule has 4 rings (SSSR count). The number of carboxylic acid groups (broad SMARTS) is 1. The van der Waals surface area contributed by atoms with Crippen LogP contribution in [0, 0.1) is 0 Å². The summed E-state index contributed by atoms with van der Waals surface area (Å²) >= 11 is 1.54. The number of benzene rings is 1. The largest absolute Gasteiger partial charge is 0.492 e. The maximum Gasteiger partial charge on any atom is 0.341 e. The molecular weight excluding hydrogens is 404 g/mol. The Morgan fingerprint density at radius 2 is 2.00 bits per heavy atom. The van der Waals surface area contributed by atoms with Crippen LogP contribution in [0.4, 0.5) is 11.4 Å². The average molecular weight is 433 g/mol. The van der Waals surface area contributed by atoms with Crippen molar-refractivity contribution in [2.24, 2.45) is 0 Å². The molecule has 0 aliphatic carbocycles. The Morgan fingerprint density at radius 3 is 2.57 bits per heavy atom. The summed E-state index contributed by atoms with van der Waals surface area (Å²) in [5.41, 5.74) is 1.86. The van der Waals surface area contributed by atoms with E-state index in [0.717, 1.165) is 42.4 Å². The van der Waals surface area contributed by atoms with E-state index in [-0.39, 0.29) is 5.56 Å². The molecule has 2 aliphatic rings. The lowest BCUT2D eigenvalue weighted by Crippen LogP contribution is -2.49. The molecule has 1 fully saturated rings. The highest BCUT2D eigenvalue weighted by atomic mass is 32.2. The minimum atomic E-state index is -1.21. The van der Waals surface area contributed by atoms with Crippen molar-refractivity contribution in [2.45, 2.75) is 38.3 Å². The van der Waals surface area contributed by atoms with E-state index < -0.39 is 11.4 Å². The summed E-state index contributed by atoms with van der Waals surface area (Å²) in [5.74, 6) is 0.0636. The maximum atomic E-state index is 13.2. The Labute approximate surface area is 179 Å². The monoisotopic (exact) mass is 432 g/mol. The van der Waals surface area contributed by atoms with Gasteiger partial charge in [0.25, 0.3) is 0 Å². The van der Waals surface area contributed by atoms with Gasteiger partial charge in [0, 0.05) is 49.9 Å². The Hall–Kier alpha value is -2.39.